The lowest BCUT2D eigenvalue weighted by molar-refractivity contribution is 0.0827. The molecular formula is C30H28N4O3. The van der Waals surface area contributed by atoms with Crippen LogP contribution in [-0.4, -0.2) is 46.7 Å². The first-order valence-electron chi connectivity index (χ1n) is 11.9. The third kappa shape index (κ3) is 4.97. The number of fused-ring (bicyclic) bond motifs is 1. The molecule has 0 saturated heterocycles. The second kappa shape index (κ2) is 10.1. The minimum absolute atomic E-state index is 0.0270. The van der Waals surface area contributed by atoms with Gasteiger partial charge in [-0.05, 0) is 41.5 Å². The summed E-state index contributed by atoms with van der Waals surface area (Å²) in [7, 11) is 5.02. The molecule has 7 heteroatoms. The van der Waals surface area contributed by atoms with Crippen LogP contribution in [0.5, 0.6) is 11.5 Å². The van der Waals surface area contributed by atoms with Gasteiger partial charge in [-0.3, -0.25) is 4.79 Å². The van der Waals surface area contributed by atoms with Gasteiger partial charge in [-0.1, -0.05) is 42.5 Å². The first-order chi connectivity index (χ1) is 17.9. The number of anilines is 2. The largest absolute Gasteiger partial charge is 0.504 e. The maximum Gasteiger partial charge on any atom is 0.253 e. The molecule has 2 heterocycles. The predicted molar refractivity (Wildman–Crippen MR) is 147 cm³/mol. The second-order valence-corrected chi connectivity index (χ2v) is 9.02. The quantitative estimate of drug-likeness (QED) is 0.295. The normalized spacial score (nSPS) is 10.9. The van der Waals surface area contributed by atoms with Gasteiger partial charge in [0.2, 0.25) is 0 Å². The van der Waals surface area contributed by atoms with E-state index in [0.717, 1.165) is 22.2 Å². The van der Waals surface area contributed by atoms with Crippen molar-refractivity contribution in [1.82, 2.24) is 14.5 Å². The number of methoxy groups -OCH3 is 1. The summed E-state index contributed by atoms with van der Waals surface area (Å²) in [4.78, 5) is 18.5. The summed E-state index contributed by atoms with van der Waals surface area (Å²) in [5.41, 5.74) is 5.58. The minimum atomic E-state index is -0.0270. The van der Waals surface area contributed by atoms with Crippen LogP contribution in [0.15, 0.2) is 91.1 Å². The number of phenols is 1. The van der Waals surface area contributed by atoms with E-state index in [9.17, 15) is 9.90 Å². The van der Waals surface area contributed by atoms with E-state index < -0.39 is 0 Å². The number of ether oxygens (including phenoxy) is 1. The van der Waals surface area contributed by atoms with Crippen molar-refractivity contribution in [3.05, 3.63) is 102 Å². The number of carbonyl (C=O) groups excluding carboxylic acids is 1. The molecule has 0 unspecified atom stereocenters. The van der Waals surface area contributed by atoms with Gasteiger partial charge in [0, 0.05) is 61.3 Å². The highest BCUT2D eigenvalue weighted by molar-refractivity contribution is 5.95. The molecule has 2 aromatic heterocycles. The number of pyridine rings is 1. The van der Waals surface area contributed by atoms with Gasteiger partial charge in [0.25, 0.3) is 5.91 Å². The lowest BCUT2D eigenvalue weighted by atomic mass is 10.1. The van der Waals surface area contributed by atoms with Crippen molar-refractivity contribution in [2.24, 2.45) is 0 Å². The van der Waals surface area contributed by atoms with E-state index in [1.54, 1.807) is 31.1 Å². The van der Waals surface area contributed by atoms with E-state index in [1.807, 2.05) is 60.8 Å². The number of benzene rings is 3. The molecule has 0 atom stereocenters. The van der Waals surface area contributed by atoms with Crippen LogP contribution in [0.3, 0.4) is 0 Å². The van der Waals surface area contributed by atoms with Crippen LogP contribution >= 0.6 is 0 Å². The molecule has 0 aliphatic rings. The lowest BCUT2D eigenvalue weighted by Gasteiger charge is -2.14. The summed E-state index contributed by atoms with van der Waals surface area (Å²) in [6, 6.07) is 27.3. The van der Waals surface area contributed by atoms with E-state index in [4.69, 9.17) is 4.74 Å². The third-order valence-electron chi connectivity index (χ3n) is 6.25. The Kier molecular flexibility index (Phi) is 6.51. The van der Waals surface area contributed by atoms with Gasteiger partial charge in [-0.2, -0.15) is 0 Å². The number of nitrogens with one attached hydrogen (secondary N) is 1. The molecule has 2 N–H and O–H groups in total. The predicted octanol–water partition coefficient (Wildman–Crippen LogP) is 5.91. The number of amides is 1. The van der Waals surface area contributed by atoms with Crippen molar-refractivity contribution in [3.8, 4) is 22.8 Å². The standard InChI is InChI=1S/C30H28N4O3/c1-33(2)30(36)22-11-9-21(10-12-22)25-15-23-18-31-29(32-24-13-14-28(37-3)27(35)16-24)17-26(23)34(25)19-20-7-5-4-6-8-20/h4-18,35H,19H2,1-3H3,(H,31,32). The number of rotatable bonds is 7. The van der Waals surface area contributed by atoms with Gasteiger partial charge in [0.1, 0.15) is 5.82 Å². The van der Waals surface area contributed by atoms with Gasteiger partial charge in [-0.25, -0.2) is 4.98 Å². The summed E-state index contributed by atoms with van der Waals surface area (Å²) in [6.45, 7) is 0.671. The van der Waals surface area contributed by atoms with Gasteiger partial charge < -0.3 is 24.6 Å². The zero-order valence-corrected chi connectivity index (χ0v) is 21.0. The fourth-order valence-electron chi connectivity index (χ4n) is 4.36. The number of carbonyl (C=O) groups is 1. The van der Waals surface area contributed by atoms with Gasteiger partial charge >= 0.3 is 0 Å². The Balaban J connectivity index is 1.56. The molecule has 0 aliphatic carbocycles. The fourth-order valence-corrected chi connectivity index (χ4v) is 4.36. The van der Waals surface area contributed by atoms with E-state index in [-0.39, 0.29) is 11.7 Å². The summed E-state index contributed by atoms with van der Waals surface area (Å²) < 4.78 is 7.39. The first-order valence-corrected chi connectivity index (χ1v) is 11.9. The van der Waals surface area contributed by atoms with Crippen LogP contribution in [-0.2, 0) is 6.54 Å². The molecule has 0 saturated carbocycles. The van der Waals surface area contributed by atoms with Gasteiger partial charge in [0.15, 0.2) is 11.5 Å². The summed E-state index contributed by atoms with van der Waals surface area (Å²) in [5, 5.41) is 14.4. The van der Waals surface area contributed by atoms with Crippen LogP contribution in [0.25, 0.3) is 22.2 Å². The molecule has 0 radical (unpaired) electrons. The first kappa shape index (κ1) is 23.9. The zero-order valence-electron chi connectivity index (χ0n) is 21.0. The Labute approximate surface area is 215 Å². The van der Waals surface area contributed by atoms with Crippen molar-refractivity contribution in [2.45, 2.75) is 6.54 Å². The average Bonchev–Trinajstić information content (AvgIpc) is 3.26. The van der Waals surface area contributed by atoms with Gasteiger partial charge in [-0.15, -0.1) is 0 Å². The number of nitrogens with zero attached hydrogens (tertiary/aromatic N) is 3. The van der Waals surface area contributed by atoms with E-state index in [0.29, 0.717) is 29.4 Å². The van der Waals surface area contributed by atoms with E-state index in [1.165, 1.54) is 12.7 Å². The number of phenolic OH excluding ortho intramolecular Hbond substituents is 1. The number of hydrogen-bond donors (Lipinski definition) is 2. The Morgan fingerprint density at radius 3 is 2.43 bits per heavy atom. The molecule has 5 rings (SSSR count). The number of hydrogen-bond acceptors (Lipinski definition) is 5. The summed E-state index contributed by atoms with van der Waals surface area (Å²) >= 11 is 0. The number of aromatic hydroxyl groups is 1. The van der Waals surface area contributed by atoms with E-state index in [2.05, 4.69) is 33.1 Å². The molecule has 37 heavy (non-hydrogen) atoms. The molecule has 0 aliphatic heterocycles. The topological polar surface area (TPSA) is 79.6 Å². The Hall–Kier alpha value is -4.78. The smallest absolute Gasteiger partial charge is 0.253 e. The zero-order chi connectivity index (χ0) is 25.9. The third-order valence-corrected chi connectivity index (χ3v) is 6.25. The Bertz CT molecular complexity index is 1560. The van der Waals surface area contributed by atoms with E-state index >= 15 is 0 Å². The average molecular weight is 493 g/mol. The molecule has 0 bridgehead atoms. The highest BCUT2D eigenvalue weighted by Crippen LogP contribution is 2.33. The lowest BCUT2D eigenvalue weighted by Crippen LogP contribution is -2.21. The molecule has 0 fully saturated rings. The van der Waals surface area contributed by atoms with Crippen molar-refractivity contribution < 1.29 is 14.6 Å². The summed E-state index contributed by atoms with van der Waals surface area (Å²) in [6.07, 6.45) is 1.84. The maximum absolute atomic E-state index is 12.4. The maximum atomic E-state index is 12.4. The molecular weight excluding hydrogens is 464 g/mol. The molecule has 1 amide bonds. The monoisotopic (exact) mass is 492 g/mol. The Morgan fingerprint density at radius 2 is 1.76 bits per heavy atom. The molecule has 5 aromatic rings. The summed E-state index contributed by atoms with van der Waals surface area (Å²) in [5.74, 6) is 1.09. The van der Waals surface area contributed by atoms with Gasteiger partial charge in [0.05, 0.1) is 12.6 Å². The van der Waals surface area contributed by atoms with Crippen molar-refractivity contribution >= 4 is 28.3 Å². The number of aromatic nitrogens is 2. The van der Waals surface area contributed by atoms with Crippen LogP contribution in [0.1, 0.15) is 15.9 Å². The fraction of sp³-hybridized carbons (Fsp3) is 0.133. The van der Waals surface area contributed by atoms with Crippen molar-refractivity contribution in [1.29, 1.82) is 0 Å². The van der Waals surface area contributed by atoms with Crippen molar-refractivity contribution in [2.75, 3.05) is 26.5 Å². The van der Waals surface area contributed by atoms with Crippen LogP contribution < -0.4 is 10.1 Å². The highest BCUT2D eigenvalue weighted by Gasteiger charge is 2.15. The van der Waals surface area contributed by atoms with Crippen molar-refractivity contribution in [3.63, 3.8) is 0 Å². The second-order valence-electron chi connectivity index (χ2n) is 9.02. The highest BCUT2D eigenvalue weighted by atomic mass is 16.5. The SMILES string of the molecule is COc1ccc(Nc2cc3c(cn2)cc(-c2ccc(C(=O)N(C)C)cc2)n3Cc2ccccc2)cc1O. The van der Waals surface area contributed by atoms with Crippen LogP contribution in [0, 0.1) is 0 Å². The van der Waals surface area contributed by atoms with Crippen LogP contribution in [0.4, 0.5) is 11.5 Å². The molecule has 186 valence electrons. The molecule has 0 spiro atoms. The minimum Gasteiger partial charge on any atom is -0.504 e. The molecule has 7 nitrogen and oxygen atoms in total. The molecule has 3 aromatic carbocycles. The van der Waals surface area contributed by atoms with Crippen LogP contribution in [0.2, 0.25) is 0 Å². The Morgan fingerprint density at radius 1 is 1.00 bits per heavy atom.